The first-order valence-electron chi connectivity index (χ1n) is 12.4. The maximum atomic E-state index is 13.3. The predicted octanol–water partition coefficient (Wildman–Crippen LogP) is 5.78. The van der Waals surface area contributed by atoms with Gasteiger partial charge in [0.05, 0.1) is 27.5 Å². The van der Waals surface area contributed by atoms with E-state index in [1.807, 2.05) is 36.4 Å². The molecule has 5 rings (SSSR count). The van der Waals surface area contributed by atoms with Crippen LogP contribution < -0.4 is 24.8 Å². The van der Waals surface area contributed by atoms with Crippen molar-refractivity contribution in [2.75, 3.05) is 32.0 Å². The maximum Gasteiger partial charge on any atom is 0.261 e. The predicted molar refractivity (Wildman–Crippen MR) is 148 cm³/mol. The van der Waals surface area contributed by atoms with Gasteiger partial charge in [0.15, 0.2) is 11.5 Å². The van der Waals surface area contributed by atoms with Crippen molar-refractivity contribution in [1.29, 1.82) is 0 Å². The van der Waals surface area contributed by atoms with Gasteiger partial charge in [-0.2, -0.15) is 5.10 Å². The summed E-state index contributed by atoms with van der Waals surface area (Å²) in [5.74, 6) is 2.07. The molecule has 38 heavy (non-hydrogen) atoms. The topological polar surface area (TPSA) is 86.6 Å². The fourth-order valence-electron chi connectivity index (χ4n) is 4.58. The van der Waals surface area contributed by atoms with E-state index in [4.69, 9.17) is 14.2 Å². The first-order valence-corrected chi connectivity index (χ1v) is 12.4. The standard InChI is InChI=1S/C30H30N4O4/c1-5-19-11-13-20(14-12-19)24-16-25(22-15-27(37-3)28(38-4)17-26(22)36-2)34-29(33-24)23(18-31-34)30(35)32-21-9-7-6-8-10-21/h6-18,25,33H,5H2,1-4H3,(H,32,35). The Morgan fingerprint density at radius 3 is 2.29 bits per heavy atom. The molecule has 1 aliphatic rings. The molecule has 1 aromatic heterocycles. The Morgan fingerprint density at radius 1 is 0.947 bits per heavy atom. The molecule has 1 aliphatic heterocycles. The summed E-state index contributed by atoms with van der Waals surface area (Å²) in [5, 5.41) is 11.0. The number of ether oxygens (including phenoxy) is 3. The molecular weight excluding hydrogens is 480 g/mol. The molecule has 0 radical (unpaired) electrons. The molecule has 8 nitrogen and oxygen atoms in total. The van der Waals surface area contributed by atoms with E-state index in [0.29, 0.717) is 34.3 Å². The van der Waals surface area contributed by atoms with Crippen LogP contribution in [0.3, 0.4) is 0 Å². The van der Waals surface area contributed by atoms with E-state index in [9.17, 15) is 4.79 Å². The Labute approximate surface area is 221 Å². The smallest absolute Gasteiger partial charge is 0.261 e. The second-order valence-electron chi connectivity index (χ2n) is 8.82. The highest BCUT2D eigenvalue weighted by Crippen LogP contribution is 2.43. The molecule has 194 valence electrons. The summed E-state index contributed by atoms with van der Waals surface area (Å²) >= 11 is 0. The molecule has 1 unspecified atom stereocenters. The number of amides is 1. The van der Waals surface area contributed by atoms with Crippen molar-refractivity contribution in [3.63, 3.8) is 0 Å². The van der Waals surface area contributed by atoms with E-state index < -0.39 is 0 Å². The number of aryl methyl sites for hydroxylation is 1. The van der Waals surface area contributed by atoms with Gasteiger partial charge >= 0.3 is 0 Å². The number of hydrogen-bond acceptors (Lipinski definition) is 6. The fourth-order valence-corrected chi connectivity index (χ4v) is 4.58. The molecule has 0 aliphatic carbocycles. The van der Waals surface area contributed by atoms with E-state index in [2.05, 4.69) is 53.0 Å². The summed E-state index contributed by atoms with van der Waals surface area (Å²) in [6.45, 7) is 2.13. The van der Waals surface area contributed by atoms with Crippen LogP contribution >= 0.6 is 0 Å². The van der Waals surface area contributed by atoms with E-state index >= 15 is 0 Å². The third-order valence-corrected chi connectivity index (χ3v) is 6.64. The fraction of sp³-hybridized carbons (Fsp3) is 0.200. The largest absolute Gasteiger partial charge is 0.496 e. The number of hydrogen-bond donors (Lipinski definition) is 2. The molecule has 4 aromatic rings. The van der Waals surface area contributed by atoms with Crippen LogP contribution in [0.4, 0.5) is 11.5 Å². The molecule has 0 spiro atoms. The molecule has 2 heterocycles. The summed E-state index contributed by atoms with van der Waals surface area (Å²) in [5.41, 5.74) is 5.04. The monoisotopic (exact) mass is 510 g/mol. The first-order chi connectivity index (χ1) is 18.6. The summed E-state index contributed by atoms with van der Waals surface area (Å²) in [6.07, 6.45) is 4.61. The van der Waals surface area contributed by atoms with E-state index in [1.54, 1.807) is 38.3 Å². The molecule has 3 aromatic carbocycles. The Kier molecular flexibility index (Phi) is 7.04. The number of carbonyl (C=O) groups is 1. The quantitative estimate of drug-likeness (QED) is 0.313. The van der Waals surface area contributed by atoms with Crippen LogP contribution in [0.15, 0.2) is 79.0 Å². The van der Waals surface area contributed by atoms with Gasteiger partial charge in [-0.15, -0.1) is 0 Å². The molecule has 0 bridgehead atoms. The van der Waals surface area contributed by atoms with Crippen molar-refractivity contribution in [2.45, 2.75) is 19.4 Å². The van der Waals surface area contributed by atoms with Crippen LogP contribution in [0.25, 0.3) is 5.70 Å². The van der Waals surface area contributed by atoms with Crippen molar-refractivity contribution in [3.8, 4) is 17.2 Å². The maximum absolute atomic E-state index is 13.3. The van der Waals surface area contributed by atoms with Crippen molar-refractivity contribution in [2.24, 2.45) is 0 Å². The van der Waals surface area contributed by atoms with Gasteiger partial charge in [0, 0.05) is 23.0 Å². The zero-order valence-electron chi connectivity index (χ0n) is 21.8. The molecule has 1 atom stereocenters. The van der Waals surface area contributed by atoms with Crippen LogP contribution in [0.2, 0.25) is 0 Å². The number of allylic oxidation sites excluding steroid dienone is 1. The van der Waals surface area contributed by atoms with Gasteiger partial charge in [0.2, 0.25) is 0 Å². The Hall–Kier alpha value is -4.72. The van der Waals surface area contributed by atoms with Crippen LogP contribution in [0, 0.1) is 0 Å². The molecule has 0 saturated carbocycles. The Morgan fingerprint density at radius 2 is 1.63 bits per heavy atom. The second-order valence-corrected chi connectivity index (χ2v) is 8.82. The lowest BCUT2D eigenvalue weighted by atomic mass is 9.98. The van der Waals surface area contributed by atoms with Gasteiger partial charge < -0.3 is 24.8 Å². The van der Waals surface area contributed by atoms with Crippen LogP contribution in [0.1, 0.15) is 40.0 Å². The van der Waals surface area contributed by atoms with E-state index in [0.717, 1.165) is 23.2 Å². The van der Waals surface area contributed by atoms with Crippen molar-refractivity contribution >= 4 is 23.1 Å². The van der Waals surface area contributed by atoms with E-state index in [1.165, 1.54) is 5.56 Å². The number of nitrogens with one attached hydrogen (secondary N) is 2. The molecule has 8 heteroatoms. The minimum absolute atomic E-state index is 0.259. The number of methoxy groups -OCH3 is 3. The van der Waals surface area contributed by atoms with E-state index in [-0.39, 0.29) is 11.9 Å². The zero-order chi connectivity index (χ0) is 26.6. The number of rotatable bonds is 8. The molecule has 2 N–H and O–H groups in total. The lowest BCUT2D eigenvalue weighted by Gasteiger charge is -2.28. The van der Waals surface area contributed by atoms with Crippen LogP contribution in [-0.2, 0) is 6.42 Å². The lowest BCUT2D eigenvalue weighted by Crippen LogP contribution is -2.22. The highest BCUT2D eigenvalue weighted by atomic mass is 16.5. The molecule has 0 saturated heterocycles. The number of aromatic nitrogens is 2. The van der Waals surface area contributed by atoms with Gasteiger partial charge in [-0.25, -0.2) is 4.68 Å². The van der Waals surface area contributed by atoms with Crippen molar-refractivity contribution < 1.29 is 19.0 Å². The number of para-hydroxylation sites is 1. The van der Waals surface area contributed by atoms with Gasteiger partial charge in [-0.3, -0.25) is 4.79 Å². The average Bonchev–Trinajstić information content (AvgIpc) is 3.41. The summed E-state index contributed by atoms with van der Waals surface area (Å²) in [6, 6.07) is 21.0. The third-order valence-electron chi connectivity index (χ3n) is 6.64. The van der Waals surface area contributed by atoms with Crippen molar-refractivity contribution in [3.05, 3.63) is 101 Å². The highest BCUT2D eigenvalue weighted by Gasteiger charge is 2.30. The normalized spacial score (nSPS) is 14.1. The Balaban J connectivity index is 1.63. The molecule has 0 fully saturated rings. The lowest BCUT2D eigenvalue weighted by molar-refractivity contribution is 0.102. The third kappa shape index (κ3) is 4.68. The summed E-state index contributed by atoms with van der Waals surface area (Å²) < 4.78 is 18.6. The van der Waals surface area contributed by atoms with Gasteiger partial charge in [0.1, 0.15) is 23.2 Å². The summed E-state index contributed by atoms with van der Waals surface area (Å²) in [4.78, 5) is 13.3. The minimum atomic E-state index is -0.389. The van der Waals surface area contributed by atoms with Gasteiger partial charge in [-0.05, 0) is 41.8 Å². The number of benzene rings is 3. The van der Waals surface area contributed by atoms with Gasteiger partial charge in [0.25, 0.3) is 5.91 Å². The molecular formula is C30H30N4O4. The van der Waals surface area contributed by atoms with Gasteiger partial charge in [-0.1, -0.05) is 49.4 Å². The first kappa shape index (κ1) is 25.0. The number of nitrogens with zero attached hydrogens (tertiary/aromatic N) is 2. The SMILES string of the molecule is CCc1ccc(C2=CC(c3cc(OC)c(OC)cc3OC)n3ncc(C(=O)Nc4ccccc4)c3N2)cc1. The summed E-state index contributed by atoms with van der Waals surface area (Å²) in [7, 11) is 4.80. The average molecular weight is 511 g/mol. The zero-order valence-corrected chi connectivity index (χ0v) is 21.8. The number of carbonyl (C=O) groups excluding carboxylic acids is 1. The van der Waals surface area contributed by atoms with Crippen LogP contribution in [-0.4, -0.2) is 37.0 Å². The number of fused-ring (bicyclic) bond motifs is 1. The molecule has 1 amide bonds. The number of anilines is 2. The minimum Gasteiger partial charge on any atom is -0.496 e. The highest BCUT2D eigenvalue weighted by molar-refractivity contribution is 6.08. The second kappa shape index (κ2) is 10.7. The van der Waals surface area contributed by atoms with Crippen molar-refractivity contribution in [1.82, 2.24) is 9.78 Å². The van der Waals surface area contributed by atoms with Crippen LogP contribution in [0.5, 0.6) is 17.2 Å². The Bertz CT molecular complexity index is 1480.